The Bertz CT molecular complexity index is 687. The van der Waals surface area contributed by atoms with E-state index in [1.54, 1.807) is 21.9 Å². The number of benzene rings is 1. The molecular weight excluding hydrogens is 358 g/mol. The molecule has 1 heterocycles. The van der Waals surface area contributed by atoms with E-state index in [-0.39, 0.29) is 24.8 Å². The molecule has 0 unspecified atom stereocenters. The molecule has 0 bridgehead atoms. The second-order valence-corrected chi connectivity index (χ2v) is 6.62. The normalized spacial score (nSPS) is 14.2. The Balaban J connectivity index is 2.08. The fraction of sp³-hybridized carbons (Fsp3) is 0.500. The van der Waals surface area contributed by atoms with Gasteiger partial charge in [-0.1, -0.05) is 11.6 Å². The highest BCUT2D eigenvalue weighted by Gasteiger charge is 2.23. The smallest absolute Gasteiger partial charge is 0.224 e. The van der Waals surface area contributed by atoms with E-state index in [4.69, 9.17) is 16.3 Å². The lowest BCUT2D eigenvalue weighted by molar-refractivity contribution is -0.135. The van der Waals surface area contributed by atoms with Crippen molar-refractivity contribution in [3.05, 3.63) is 22.7 Å². The van der Waals surface area contributed by atoms with E-state index in [1.165, 1.54) is 18.9 Å². The Kier molecular flexibility index (Phi) is 6.85. The van der Waals surface area contributed by atoms with Crippen LogP contribution < -0.4 is 9.64 Å². The van der Waals surface area contributed by atoms with Crippen molar-refractivity contribution < 1.29 is 19.1 Å². The molecule has 26 heavy (non-hydrogen) atoms. The summed E-state index contributed by atoms with van der Waals surface area (Å²) in [4.78, 5) is 40.3. The Morgan fingerprint density at radius 3 is 2.46 bits per heavy atom. The molecule has 2 rings (SSSR count). The largest absolute Gasteiger partial charge is 0.495 e. The van der Waals surface area contributed by atoms with Crippen LogP contribution in [0.5, 0.6) is 5.75 Å². The summed E-state index contributed by atoms with van der Waals surface area (Å²) in [5.74, 6) is 0.276. The van der Waals surface area contributed by atoms with E-state index >= 15 is 0 Å². The number of methoxy groups -OCH3 is 1. The van der Waals surface area contributed by atoms with Crippen LogP contribution >= 0.6 is 11.6 Å². The minimum Gasteiger partial charge on any atom is -0.495 e. The first-order valence-corrected chi connectivity index (χ1v) is 8.84. The van der Waals surface area contributed by atoms with Gasteiger partial charge in [-0.15, -0.1) is 0 Å². The number of ether oxygens (including phenoxy) is 1. The molecule has 0 spiro atoms. The first-order valence-electron chi connectivity index (χ1n) is 8.46. The Morgan fingerprint density at radius 1 is 1.27 bits per heavy atom. The third-order valence-electron chi connectivity index (χ3n) is 4.50. The third-order valence-corrected chi connectivity index (χ3v) is 4.90. The first kappa shape index (κ1) is 20.0. The van der Waals surface area contributed by atoms with Crippen LogP contribution in [-0.4, -0.2) is 67.9 Å². The third kappa shape index (κ3) is 4.66. The highest BCUT2D eigenvalue weighted by molar-refractivity contribution is 6.31. The van der Waals surface area contributed by atoms with E-state index in [0.29, 0.717) is 42.6 Å². The molecule has 1 fully saturated rings. The number of aryl methyl sites for hydroxylation is 1. The van der Waals surface area contributed by atoms with Crippen LogP contribution in [0.25, 0.3) is 0 Å². The van der Waals surface area contributed by atoms with Gasteiger partial charge in [0.15, 0.2) is 0 Å². The zero-order chi connectivity index (χ0) is 19.3. The second kappa shape index (κ2) is 8.89. The lowest BCUT2D eigenvalue weighted by Gasteiger charge is -2.33. The van der Waals surface area contributed by atoms with Gasteiger partial charge in [-0.05, 0) is 18.6 Å². The number of nitrogens with zero attached hydrogens (tertiary/aromatic N) is 3. The molecule has 1 saturated heterocycles. The van der Waals surface area contributed by atoms with Crippen LogP contribution in [0, 0.1) is 6.92 Å². The lowest BCUT2D eigenvalue weighted by atomic mass is 10.1. The molecule has 7 nitrogen and oxygen atoms in total. The minimum atomic E-state index is -0.177. The number of carbonyl (C=O) groups excluding carboxylic acids is 3. The van der Waals surface area contributed by atoms with Crippen LogP contribution in [0.3, 0.4) is 0 Å². The van der Waals surface area contributed by atoms with Gasteiger partial charge in [0, 0.05) is 57.2 Å². The molecule has 1 aromatic carbocycles. The molecule has 1 aliphatic rings. The summed E-state index contributed by atoms with van der Waals surface area (Å²) in [6.45, 7) is 5.66. The average molecular weight is 382 g/mol. The van der Waals surface area contributed by atoms with Crippen LogP contribution in [-0.2, 0) is 14.4 Å². The standard InChI is InChI=1S/C18H24ClN3O4/c1-13-10-16(17(26-3)11-15(13)19)22(14(2)24)5-4-18(25)21-8-6-20(12-23)7-9-21/h10-12H,4-9H2,1-3H3. The molecule has 0 radical (unpaired) electrons. The van der Waals surface area contributed by atoms with Gasteiger partial charge < -0.3 is 19.4 Å². The number of rotatable bonds is 6. The van der Waals surface area contributed by atoms with Gasteiger partial charge in [0.1, 0.15) is 5.75 Å². The maximum atomic E-state index is 12.5. The topological polar surface area (TPSA) is 70.2 Å². The highest BCUT2D eigenvalue weighted by atomic mass is 35.5. The molecule has 8 heteroatoms. The Hall–Kier alpha value is -2.28. The zero-order valence-corrected chi connectivity index (χ0v) is 16.1. The molecule has 1 aromatic rings. The van der Waals surface area contributed by atoms with Gasteiger partial charge >= 0.3 is 0 Å². The average Bonchev–Trinajstić information content (AvgIpc) is 2.64. The summed E-state index contributed by atoms with van der Waals surface area (Å²) >= 11 is 6.13. The number of carbonyl (C=O) groups is 3. The highest BCUT2D eigenvalue weighted by Crippen LogP contribution is 2.34. The van der Waals surface area contributed by atoms with Crippen molar-refractivity contribution in [2.24, 2.45) is 0 Å². The summed E-state index contributed by atoms with van der Waals surface area (Å²) in [5, 5.41) is 0.554. The molecule has 1 aliphatic heterocycles. The van der Waals surface area contributed by atoms with Crippen molar-refractivity contribution in [2.45, 2.75) is 20.3 Å². The van der Waals surface area contributed by atoms with Gasteiger partial charge in [0.05, 0.1) is 12.8 Å². The summed E-state index contributed by atoms with van der Waals surface area (Å²) in [7, 11) is 1.51. The molecule has 3 amide bonds. The molecule has 0 aliphatic carbocycles. The number of amides is 3. The van der Waals surface area contributed by atoms with Crippen LogP contribution in [0.1, 0.15) is 18.9 Å². The Labute approximate surface area is 158 Å². The van der Waals surface area contributed by atoms with E-state index in [0.717, 1.165) is 12.0 Å². The summed E-state index contributed by atoms with van der Waals surface area (Å²) in [5.41, 5.74) is 1.42. The van der Waals surface area contributed by atoms with E-state index < -0.39 is 0 Å². The predicted molar refractivity (Wildman–Crippen MR) is 99.6 cm³/mol. The first-order chi connectivity index (χ1) is 12.4. The van der Waals surface area contributed by atoms with Crippen molar-refractivity contribution in [2.75, 3.05) is 44.7 Å². The summed E-state index contributed by atoms with van der Waals surface area (Å²) in [6.07, 6.45) is 1.000. The maximum Gasteiger partial charge on any atom is 0.224 e. The van der Waals surface area contributed by atoms with Gasteiger partial charge in [-0.2, -0.15) is 0 Å². The zero-order valence-electron chi connectivity index (χ0n) is 15.3. The minimum absolute atomic E-state index is 0.0357. The van der Waals surface area contributed by atoms with Crippen LogP contribution in [0.4, 0.5) is 5.69 Å². The molecule has 142 valence electrons. The van der Waals surface area contributed by atoms with Gasteiger partial charge in [-0.3, -0.25) is 14.4 Å². The second-order valence-electron chi connectivity index (χ2n) is 6.22. The van der Waals surface area contributed by atoms with Crippen molar-refractivity contribution in [3.8, 4) is 5.75 Å². The number of halogens is 1. The molecule has 0 aromatic heterocycles. The SMILES string of the molecule is COc1cc(Cl)c(C)cc1N(CCC(=O)N1CCN(C=O)CC1)C(C)=O. The van der Waals surface area contributed by atoms with Crippen molar-refractivity contribution >= 4 is 35.5 Å². The van der Waals surface area contributed by atoms with Crippen molar-refractivity contribution in [3.63, 3.8) is 0 Å². The van der Waals surface area contributed by atoms with Crippen LogP contribution in [0.15, 0.2) is 12.1 Å². The molecular formula is C18H24ClN3O4. The van der Waals surface area contributed by atoms with Crippen LogP contribution in [0.2, 0.25) is 5.02 Å². The fourth-order valence-corrected chi connectivity index (χ4v) is 3.07. The monoisotopic (exact) mass is 381 g/mol. The van der Waals surface area contributed by atoms with Gasteiger partial charge in [0.2, 0.25) is 18.2 Å². The number of anilines is 1. The maximum absolute atomic E-state index is 12.5. The Morgan fingerprint density at radius 2 is 1.92 bits per heavy atom. The number of piperazine rings is 1. The van der Waals surface area contributed by atoms with Gasteiger partial charge in [0.25, 0.3) is 0 Å². The fourth-order valence-electron chi connectivity index (χ4n) is 2.91. The van der Waals surface area contributed by atoms with E-state index in [9.17, 15) is 14.4 Å². The van der Waals surface area contributed by atoms with Crippen molar-refractivity contribution in [1.82, 2.24) is 9.80 Å². The lowest BCUT2D eigenvalue weighted by Crippen LogP contribution is -2.48. The molecule has 0 N–H and O–H groups in total. The van der Waals surface area contributed by atoms with Crippen molar-refractivity contribution in [1.29, 1.82) is 0 Å². The predicted octanol–water partition coefficient (Wildman–Crippen LogP) is 1.70. The number of hydrogen-bond donors (Lipinski definition) is 0. The van der Waals surface area contributed by atoms with E-state index in [1.807, 2.05) is 6.92 Å². The van der Waals surface area contributed by atoms with E-state index in [2.05, 4.69) is 0 Å². The molecule has 0 atom stereocenters. The quantitative estimate of drug-likeness (QED) is 0.703. The summed E-state index contributed by atoms with van der Waals surface area (Å²) in [6, 6.07) is 3.46. The molecule has 0 saturated carbocycles. The number of hydrogen-bond acceptors (Lipinski definition) is 4. The van der Waals surface area contributed by atoms with Gasteiger partial charge in [-0.25, -0.2) is 0 Å². The summed E-state index contributed by atoms with van der Waals surface area (Å²) < 4.78 is 5.35.